The van der Waals surface area contributed by atoms with Gasteiger partial charge in [0.2, 0.25) is 0 Å². The van der Waals surface area contributed by atoms with Crippen molar-refractivity contribution in [1.82, 2.24) is 30.0 Å². The zero-order valence-corrected chi connectivity index (χ0v) is 45.2. The second-order valence-electron chi connectivity index (χ2n) is 19.8. The van der Waals surface area contributed by atoms with E-state index in [4.69, 9.17) is 15.1 Å². The molecule has 1 atom stereocenters. The maximum absolute atomic E-state index is 5.08. The number of aromatic nitrogens is 4. The third-order valence-corrected chi connectivity index (χ3v) is 15.2. The lowest BCUT2D eigenvalue weighted by molar-refractivity contribution is 0.207. The van der Waals surface area contributed by atoms with Crippen LogP contribution in [0.2, 0.25) is 0 Å². The lowest BCUT2D eigenvalue weighted by atomic mass is 9.90. The molecule has 0 amide bonds. The number of aryl methyl sites for hydroxylation is 3. The normalized spacial score (nSPS) is 16.4. The van der Waals surface area contributed by atoms with E-state index in [1.54, 1.807) is 11.3 Å². The van der Waals surface area contributed by atoms with Crippen LogP contribution in [0.15, 0.2) is 141 Å². The topological polar surface area (TPSA) is 86.2 Å². The first kappa shape index (κ1) is 52.6. The first-order chi connectivity index (χ1) is 35.4. The number of benzene rings is 4. The van der Waals surface area contributed by atoms with Gasteiger partial charge in [0.25, 0.3) is 0 Å². The molecule has 3 N–H and O–H groups in total. The fourth-order valence-corrected chi connectivity index (χ4v) is 10.9. The van der Waals surface area contributed by atoms with Gasteiger partial charge in [-0.15, -0.1) is 0 Å². The molecule has 4 aliphatic rings. The minimum atomic E-state index is 0.222. The van der Waals surface area contributed by atoms with E-state index in [0.29, 0.717) is 0 Å². The Kier molecular flexibility index (Phi) is 17.5. The molecule has 7 aromatic rings. The van der Waals surface area contributed by atoms with Gasteiger partial charge in [-0.2, -0.15) is 5.10 Å². The standard InChI is InChI=1S/C34H32N4S.C24H33N5.C3H6.C2H6/c1-5-24-14-15-26(22(3)20-24)28-16-17-33(36-30(28)6-2)38-19-18-25-10-9-11-27(29(25)21-38)23(4)35-34-37-31-12-7-8-13-32(31)39-34;1-16-10-12-29(13-11-16)15-18(3)26-20-7-9-22-23(14-20)28(5)27-24(22)21-8-6-17(2)25-19(21)4;1-2-3-1;1-2/h6-17,20H,2,4-5,18-19,21H2,1,3H3,(H,35,37);7,9,14,16,21,25-26H,2-4,6,8,10-13,15H2,1,5H3;1-3H2;1-2H3. The average Bonchev–Trinajstić information content (AvgIpc) is 4.19. The molecule has 3 fully saturated rings. The van der Waals surface area contributed by atoms with E-state index in [9.17, 15) is 0 Å². The van der Waals surface area contributed by atoms with Crippen LogP contribution in [-0.2, 0) is 26.4 Å². The third kappa shape index (κ3) is 12.9. The predicted octanol–water partition coefficient (Wildman–Crippen LogP) is 15.4. The van der Waals surface area contributed by atoms with Crippen LogP contribution < -0.4 is 20.9 Å². The second kappa shape index (κ2) is 24.3. The molecule has 0 spiro atoms. The fraction of sp³-hybridized carbons (Fsp3) is 0.349. The van der Waals surface area contributed by atoms with Gasteiger partial charge >= 0.3 is 0 Å². The zero-order valence-electron chi connectivity index (χ0n) is 44.4. The number of fused-ring (bicyclic) bond motifs is 3. The highest BCUT2D eigenvalue weighted by Gasteiger charge is 2.27. The number of pyridine rings is 1. The summed E-state index contributed by atoms with van der Waals surface area (Å²) >= 11 is 1.65. The number of likely N-dealkylation sites (tertiary alicyclic amines) is 1. The molecule has 6 heterocycles. The predicted molar refractivity (Wildman–Crippen MR) is 314 cm³/mol. The summed E-state index contributed by atoms with van der Waals surface area (Å²) in [6.07, 6.45) is 12.9. The molecule has 1 saturated carbocycles. The van der Waals surface area contributed by atoms with Crippen LogP contribution >= 0.6 is 11.3 Å². The van der Waals surface area contributed by atoms with Crippen molar-refractivity contribution in [3.8, 4) is 11.1 Å². The summed E-state index contributed by atoms with van der Waals surface area (Å²) in [6.45, 7) is 36.6. The summed E-state index contributed by atoms with van der Waals surface area (Å²) < 4.78 is 3.14. The number of para-hydroxylation sites is 1. The van der Waals surface area contributed by atoms with Gasteiger partial charge in [-0.25, -0.2) is 9.97 Å². The maximum atomic E-state index is 5.08. The molecule has 4 aromatic carbocycles. The van der Waals surface area contributed by atoms with Gasteiger partial charge in [0, 0.05) is 77.6 Å². The largest absolute Gasteiger partial charge is 0.363 e. The third-order valence-electron chi connectivity index (χ3n) is 14.2. The van der Waals surface area contributed by atoms with Crippen molar-refractivity contribution in [2.75, 3.05) is 41.7 Å². The Bertz CT molecular complexity index is 3070. The zero-order chi connectivity index (χ0) is 51.6. The lowest BCUT2D eigenvalue weighted by Gasteiger charge is -2.32. The number of hydrogen-bond acceptors (Lipinski definition) is 9. The average molecular weight is 992 g/mol. The molecule has 1 unspecified atom stereocenters. The molecule has 9 nitrogen and oxygen atoms in total. The molecule has 0 bridgehead atoms. The Balaban J connectivity index is 0.000000185. The van der Waals surface area contributed by atoms with Crippen molar-refractivity contribution in [3.63, 3.8) is 0 Å². The van der Waals surface area contributed by atoms with E-state index in [0.717, 1.165) is 142 Å². The molecule has 0 radical (unpaired) electrons. The first-order valence-electron chi connectivity index (χ1n) is 26.6. The van der Waals surface area contributed by atoms with E-state index in [-0.39, 0.29) is 5.92 Å². The van der Waals surface area contributed by atoms with Crippen LogP contribution in [0.5, 0.6) is 0 Å². The molecule has 73 heavy (non-hydrogen) atoms. The molecule has 380 valence electrons. The van der Waals surface area contributed by atoms with Crippen molar-refractivity contribution < 1.29 is 0 Å². The number of rotatable bonds is 12. The van der Waals surface area contributed by atoms with Crippen molar-refractivity contribution in [2.24, 2.45) is 13.0 Å². The van der Waals surface area contributed by atoms with Crippen LogP contribution in [0.1, 0.15) is 118 Å². The van der Waals surface area contributed by atoms with Crippen LogP contribution in [0.4, 0.5) is 16.6 Å². The minimum Gasteiger partial charge on any atom is -0.363 e. The van der Waals surface area contributed by atoms with Crippen LogP contribution in [0.25, 0.3) is 44.0 Å². The fourth-order valence-electron chi connectivity index (χ4n) is 9.98. The molecule has 11 rings (SSSR count). The lowest BCUT2D eigenvalue weighted by Crippen LogP contribution is -2.35. The van der Waals surface area contributed by atoms with Gasteiger partial charge in [0.15, 0.2) is 5.13 Å². The Morgan fingerprint density at radius 3 is 2.33 bits per heavy atom. The highest BCUT2D eigenvalue weighted by molar-refractivity contribution is 7.22. The van der Waals surface area contributed by atoms with E-state index in [2.05, 4.69) is 152 Å². The smallest absolute Gasteiger partial charge is 0.188 e. The molecule has 2 saturated heterocycles. The van der Waals surface area contributed by atoms with Crippen molar-refractivity contribution in [2.45, 2.75) is 105 Å². The first-order valence-corrected chi connectivity index (χ1v) is 27.4. The van der Waals surface area contributed by atoms with Gasteiger partial charge in [0.05, 0.1) is 27.1 Å². The van der Waals surface area contributed by atoms with Crippen molar-refractivity contribution >= 4 is 60.9 Å². The number of nitrogens with zero attached hydrogens (tertiary/aromatic N) is 6. The summed E-state index contributed by atoms with van der Waals surface area (Å²) in [5, 5.41) is 17.2. The van der Waals surface area contributed by atoms with Gasteiger partial charge in [-0.3, -0.25) is 9.58 Å². The summed E-state index contributed by atoms with van der Waals surface area (Å²) in [6, 6.07) is 32.2. The van der Waals surface area contributed by atoms with Crippen LogP contribution in [-0.4, -0.2) is 50.8 Å². The number of allylic oxidation sites excluding steroid dienone is 2. The highest BCUT2D eigenvalue weighted by atomic mass is 32.1. The second-order valence-corrected chi connectivity index (χ2v) is 20.9. The SMILES string of the molecule is C1CC1.C=C1CCC(c2nn(C)c3cc(NC(=C)CN4CCC(C)CC4)ccc23)C(=C)N1.C=Cc1nc(N2CCc3cccc(C(=C)Nc4nc5ccccc5s4)c3C2)ccc1-c1ccc(CC)cc1C.CC. The van der Waals surface area contributed by atoms with Crippen molar-refractivity contribution in [1.29, 1.82) is 0 Å². The van der Waals surface area contributed by atoms with Gasteiger partial charge < -0.3 is 20.9 Å². The molecule has 3 aromatic heterocycles. The van der Waals surface area contributed by atoms with Gasteiger partial charge in [-0.1, -0.05) is 140 Å². The maximum Gasteiger partial charge on any atom is 0.188 e. The molecular formula is C63H77N9S. The number of nitrogens with one attached hydrogen (secondary N) is 3. The summed E-state index contributed by atoms with van der Waals surface area (Å²) in [4.78, 5) is 14.7. The monoisotopic (exact) mass is 992 g/mol. The number of thiazole rings is 1. The van der Waals surface area contributed by atoms with E-state index in [1.165, 1.54) is 65.3 Å². The summed E-state index contributed by atoms with van der Waals surface area (Å²) in [5.74, 6) is 2.04. The molecule has 1 aliphatic carbocycles. The van der Waals surface area contributed by atoms with Gasteiger partial charge in [-0.05, 0) is 141 Å². The van der Waals surface area contributed by atoms with E-state index < -0.39 is 0 Å². The van der Waals surface area contributed by atoms with Crippen molar-refractivity contribution in [3.05, 3.63) is 180 Å². The number of anilines is 3. The van der Waals surface area contributed by atoms with Crippen LogP contribution in [0, 0.1) is 12.8 Å². The Morgan fingerprint density at radius 1 is 0.849 bits per heavy atom. The summed E-state index contributed by atoms with van der Waals surface area (Å²) in [7, 11) is 2.01. The molecular weight excluding hydrogens is 915 g/mol. The molecule has 3 aliphatic heterocycles. The van der Waals surface area contributed by atoms with E-state index in [1.807, 2.05) is 49.9 Å². The quantitative estimate of drug-likeness (QED) is 0.112. The Hall–Kier alpha value is -6.75. The van der Waals surface area contributed by atoms with Gasteiger partial charge in [0.1, 0.15) is 5.82 Å². The van der Waals surface area contributed by atoms with E-state index >= 15 is 0 Å². The number of hydrogen-bond donors (Lipinski definition) is 3. The highest BCUT2D eigenvalue weighted by Crippen LogP contribution is 2.38. The Morgan fingerprint density at radius 2 is 1.62 bits per heavy atom. The van der Waals surface area contributed by atoms with Crippen LogP contribution in [0.3, 0.4) is 0 Å². The number of piperidine rings is 2. The Labute approximate surface area is 439 Å². The molecule has 10 heteroatoms. The minimum absolute atomic E-state index is 0.222. The summed E-state index contributed by atoms with van der Waals surface area (Å²) in [5.41, 5.74) is 17.9.